The lowest BCUT2D eigenvalue weighted by Crippen LogP contribution is -2.25. The standard InChI is InChI=1S/C18H15N3O4S2/c22-17-12-8-7-11(10-13(12)18(23)21-17)27(24,25)19-9-3-6-16-20-14-4-1-2-5-15(14)26-16/h1-2,4-5,7-8,10,19H,3,6,9H2,(H,21,22,23). The van der Waals surface area contributed by atoms with E-state index in [0.29, 0.717) is 12.8 Å². The number of rotatable bonds is 6. The minimum absolute atomic E-state index is 0.0360. The van der Waals surface area contributed by atoms with Gasteiger partial charge in [-0.2, -0.15) is 0 Å². The topological polar surface area (TPSA) is 105 Å². The van der Waals surface area contributed by atoms with Crippen LogP contribution >= 0.6 is 11.3 Å². The van der Waals surface area contributed by atoms with E-state index >= 15 is 0 Å². The van der Waals surface area contributed by atoms with Gasteiger partial charge in [0.25, 0.3) is 11.8 Å². The van der Waals surface area contributed by atoms with Crippen molar-refractivity contribution in [2.45, 2.75) is 17.7 Å². The summed E-state index contributed by atoms with van der Waals surface area (Å²) in [5.74, 6) is -1.09. The molecule has 0 saturated heterocycles. The Kier molecular flexibility index (Phi) is 4.50. The Hall–Kier alpha value is -2.62. The number of hydrogen-bond acceptors (Lipinski definition) is 6. The first kappa shape index (κ1) is 17.8. The molecule has 0 bridgehead atoms. The van der Waals surface area contributed by atoms with Crippen LogP contribution in [0.4, 0.5) is 0 Å². The average Bonchev–Trinajstić information content (AvgIpc) is 3.19. The highest BCUT2D eigenvalue weighted by Crippen LogP contribution is 2.23. The number of thiazole rings is 1. The maximum Gasteiger partial charge on any atom is 0.258 e. The molecular formula is C18H15N3O4S2. The summed E-state index contributed by atoms with van der Waals surface area (Å²) in [7, 11) is -3.76. The van der Waals surface area contributed by atoms with E-state index in [0.717, 1.165) is 15.2 Å². The molecule has 0 fully saturated rings. The summed E-state index contributed by atoms with van der Waals surface area (Å²) in [6.07, 6.45) is 1.27. The first-order valence-corrected chi connectivity index (χ1v) is 10.6. The second-order valence-electron chi connectivity index (χ2n) is 6.07. The van der Waals surface area contributed by atoms with Gasteiger partial charge in [-0.3, -0.25) is 14.9 Å². The maximum absolute atomic E-state index is 12.4. The molecule has 2 heterocycles. The van der Waals surface area contributed by atoms with Gasteiger partial charge in [0.15, 0.2) is 0 Å². The van der Waals surface area contributed by atoms with Gasteiger partial charge in [0, 0.05) is 13.0 Å². The Labute approximate surface area is 159 Å². The number of sulfonamides is 1. The van der Waals surface area contributed by atoms with Gasteiger partial charge in [-0.15, -0.1) is 11.3 Å². The van der Waals surface area contributed by atoms with Gasteiger partial charge in [0.2, 0.25) is 10.0 Å². The van der Waals surface area contributed by atoms with E-state index in [9.17, 15) is 18.0 Å². The average molecular weight is 401 g/mol. The molecule has 4 rings (SSSR count). The van der Waals surface area contributed by atoms with Crippen LogP contribution in [-0.2, 0) is 16.4 Å². The second-order valence-corrected chi connectivity index (χ2v) is 8.95. The fourth-order valence-electron chi connectivity index (χ4n) is 2.87. The van der Waals surface area contributed by atoms with Crippen molar-refractivity contribution in [2.75, 3.05) is 6.54 Å². The quantitative estimate of drug-likeness (QED) is 0.486. The lowest BCUT2D eigenvalue weighted by atomic mass is 10.1. The smallest absolute Gasteiger partial charge is 0.258 e. The van der Waals surface area contributed by atoms with Crippen LogP contribution in [0, 0.1) is 0 Å². The SMILES string of the molecule is O=C1NC(=O)c2cc(S(=O)(=O)NCCCc3nc4ccccc4s3)ccc21. The summed E-state index contributed by atoms with van der Waals surface area (Å²) in [6.45, 7) is 0.250. The van der Waals surface area contributed by atoms with E-state index in [1.54, 1.807) is 11.3 Å². The summed E-state index contributed by atoms with van der Waals surface area (Å²) in [5.41, 5.74) is 1.22. The summed E-state index contributed by atoms with van der Waals surface area (Å²) < 4.78 is 28.5. The van der Waals surface area contributed by atoms with Crippen LogP contribution in [0.3, 0.4) is 0 Å². The molecule has 0 radical (unpaired) electrons. The maximum atomic E-state index is 12.4. The van der Waals surface area contributed by atoms with Crippen molar-refractivity contribution in [3.63, 3.8) is 0 Å². The third-order valence-electron chi connectivity index (χ3n) is 4.22. The van der Waals surface area contributed by atoms with Crippen LogP contribution in [0.2, 0.25) is 0 Å². The lowest BCUT2D eigenvalue weighted by molar-refractivity contribution is 0.0879. The molecule has 0 aliphatic carbocycles. The van der Waals surface area contributed by atoms with Crippen LogP contribution in [0.5, 0.6) is 0 Å². The Balaban J connectivity index is 1.40. The predicted molar refractivity (Wildman–Crippen MR) is 101 cm³/mol. The molecule has 0 unspecified atom stereocenters. The van der Waals surface area contributed by atoms with Gasteiger partial charge in [0.05, 0.1) is 31.2 Å². The van der Waals surface area contributed by atoms with Crippen molar-refractivity contribution in [3.8, 4) is 0 Å². The van der Waals surface area contributed by atoms with Crippen LogP contribution in [0.25, 0.3) is 10.2 Å². The molecule has 0 atom stereocenters. The van der Waals surface area contributed by atoms with Crippen molar-refractivity contribution in [1.82, 2.24) is 15.0 Å². The molecule has 3 aromatic rings. The highest BCUT2D eigenvalue weighted by atomic mass is 32.2. The number of aromatic nitrogens is 1. The van der Waals surface area contributed by atoms with Crippen molar-refractivity contribution >= 4 is 43.4 Å². The van der Waals surface area contributed by atoms with Crippen LogP contribution in [0.15, 0.2) is 47.4 Å². The molecule has 9 heteroatoms. The van der Waals surface area contributed by atoms with Gasteiger partial charge in [-0.05, 0) is 36.8 Å². The van der Waals surface area contributed by atoms with E-state index < -0.39 is 21.8 Å². The molecule has 1 aliphatic rings. The molecular weight excluding hydrogens is 386 g/mol. The molecule has 0 spiro atoms. The number of fused-ring (bicyclic) bond motifs is 2. The zero-order valence-electron chi connectivity index (χ0n) is 14.1. The molecule has 2 amide bonds. The second kappa shape index (κ2) is 6.84. The fourth-order valence-corrected chi connectivity index (χ4v) is 4.98. The number of aryl methyl sites for hydroxylation is 1. The number of imide groups is 1. The largest absolute Gasteiger partial charge is 0.288 e. The van der Waals surface area contributed by atoms with Crippen LogP contribution in [0.1, 0.15) is 32.1 Å². The summed E-state index contributed by atoms with van der Waals surface area (Å²) in [5, 5.41) is 3.10. The Morgan fingerprint density at radius 3 is 2.63 bits per heavy atom. The van der Waals surface area contributed by atoms with Crippen LogP contribution in [-0.4, -0.2) is 31.8 Å². The van der Waals surface area contributed by atoms with Crippen LogP contribution < -0.4 is 10.0 Å². The summed E-state index contributed by atoms with van der Waals surface area (Å²) >= 11 is 1.60. The van der Waals surface area contributed by atoms with Crippen molar-refractivity contribution in [2.24, 2.45) is 0 Å². The fraction of sp³-hybridized carbons (Fsp3) is 0.167. The molecule has 7 nitrogen and oxygen atoms in total. The first-order chi connectivity index (χ1) is 12.9. The highest BCUT2D eigenvalue weighted by molar-refractivity contribution is 7.89. The first-order valence-electron chi connectivity index (χ1n) is 8.28. The Morgan fingerprint density at radius 2 is 1.81 bits per heavy atom. The molecule has 0 saturated carbocycles. The number of nitrogens with one attached hydrogen (secondary N) is 2. The minimum atomic E-state index is -3.76. The van der Waals surface area contributed by atoms with E-state index in [4.69, 9.17) is 0 Å². The number of para-hydroxylation sites is 1. The third-order valence-corrected chi connectivity index (χ3v) is 6.77. The van der Waals surface area contributed by atoms with Crippen molar-refractivity contribution in [1.29, 1.82) is 0 Å². The molecule has 27 heavy (non-hydrogen) atoms. The van der Waals surface area contributed by atoms with Gasteiger partial charge in [-0.25, -0.2) is 18.1 Å². The van der Waals surface area contributed by atoms with Gasteiger partial charge >= 0.3 is 0 Å². The number of benzene rings is 2. The molecule has 2 aromatic carbocycles. The molecule has 1 aromatic heterocycles. The Morgan fingerprint density at radius 1 is 1.04 bits per heavy atom. The Bertz CT molecular complexity index is 1140. The summed E-state index contributed by atoms with van der Waals surface area (Å²) in [6, 6.07) is 11.8. The van der Waals surface area contributed by atoms with Crippen molar-refractivity contribution in [3.05, 3.63) is 58.6 Å². The lowest BCUT2D eigenvalue weighted by Gasteiger charge is -2.07. The summed E-state index contributed by atoms with van der Waals surface area (Å²) in [4.78, 5) is 27.7. The number of carbonyl (C=O) groups excluding carboxylic acids is 2. The van der Waals surface area contributed by atoms with Gasteiger partial charge < -0.3 is 0 Å². The zero-order chi connectivity index (χ0) is 19.0. The highest BCUT2D eigenvalue weighted by Gasteiger charge is 2.28. The molecule has 1 aliphatic heterocycles. The number of amides is 2. The van der Waals surface area contributed by atoms with E-state index in [1.807, 2.05) is 24.3 Å². The van der Waals surface area contributed by atoms with Gasteiger partial charge in [0.1, 0.15) is 0 Å². The number of nitrogens with zero attached hydrogens (tertiary/aromatic N) is 1. The number of carbonyl (C=O) groups is 2. The minimum Gasteiger partial charge on any atom is -0.288 e. The monoisotopic (exact) mass is 401 g/mol. The predicted octanol–water partition coefficient (Wildman–Crippen LogP) is 2.09. The van der Waals surface area contributed by atoms with Crippen molar-refractivity contribution < 1.29 is 18.0 Å². The zero-order valence-corrected chi connectivity index (χ0v) is 15.7. The third kappa shape index (κ3) is 3.48. The number of hydrogen-bond donors (Lipinski definition) is 2. The van der Waals surface area contributed by atoms with E-state index in [2.05, 4.69) is 15.0 Å². The molecule has 2 N–H and O–H groups in total. The van der Waals surface area contributed by atoms with Gasteiger partial charge in [-0.1, -0.05) is 12.1 Å². The molecule has 138 valence electrons. The van der Waals surface area contributed by atoms with E-state index in [-0.39, 0.29) is 22.6 Å². The van der Waals surface area contributed by atoms with E-state index in [1.165, 1.54) is 18.2 Å². The normalized spacial score (nSPS) is 13.8.